The predicted molar refractivity (Wildman–Crippen MR) is 91.0 cm³/mol. The second-order valence-electron chi connectivity index (χ2n) is 5.91. The van der Waals surface area contributed by atoms with E-state index in [1.54, 1.807) is 11.8 Å². The summed E-state index contributed by atoms with van der Waals surface area (Å²) < 4.78 is 0. The fourth-order valence-electron chi connectivity index (χ4n) is 3.01. The standard InChI is InChI=1S/C19H20N2S/c1-21-13-11-19(15-20,12-14-21)17-9-5-6-10-18(17)22-16-7-3-2-4-8-16/h2-10H,11-14H2,1H3. The Hall–Kier alpha value is -1.76. The lowest BCUT2D eigenvalue weighted by Gasteiger charge is -2.36. The molecule has 0 unspecified atom stereocenters. The molecule has 0 radical (unpaired) electrons. The smallest absolute Gasteiger partial charge is 0.0857 e. The number of likely N-dealkylation sites (tertiary alicyclic amines) is 1. The number of piperidine rings is 1. The highest BCUT2D eigenvalue weighted by Crippen LogP contribution is 2.41. The Morgan fingerprint density at radius 2 is 1.64 bits per heavy atom. The molecule has 0 saturated carbocycles. The molecule has 0 aliphatic carbocycles. The zero-order valence-electron chi connectivity index (χ0n) is 12.8. The highest BCUT2D eigenvalue weighted by atomic mass is 32.2. The van der Waals surface area contributed by atoms with E-state index in [9.17, 15) is 5.26 Å². The third-order valence-corrected chi connectivity index (χ3v) is 5.51. The van der Waals surface area contributed by atoms with Crippen LogP contribution in [0.15, 0.2) is 64.4 Å². The molecule has 2 aromatic carbocycles. The van der Waals surface area contributed by atoms with Gasteiger partial charge in [0.05, 0.1) is 11.5 Å². The van der Waals surface area contributed by atoms with Gasteiger partial charge in [0.1, 0.15) is 0 Å². The fraction of sp³-hybridized carbons (Fsp3) is 0.316. The Bertz CT molecular complexity index is 667. The quantitative estimate of drug-likeness (QED) is 0.844. The molecule has 0 atom stereocenters. The van der Waals surface area contributed by atoms with Gasteiger partial charge in [-0.05, 0) is 56.7 Å². The summed E-state index contributed by atoms with van der Waals surface area (Å²) in [6.45, 7) is 1.97. The van der Waals surface area contributed by atoms with E-state index in [0.29, 0.717) is 0 Å². The van der Waals surface area contributed by atoms with Crippen molar-refractivity contribution in [3.05, 3.63) is 60.2 Å². The summed E-state index contributed by atoms with van der Waals surface area (Å²) in [6, 6.07) is 21.4. The van der Waals surface area contributed by atoms with Crippen LogP contribution in [0.5, 0.6) is 0 Å². The molecule has 1 aliphatic heterocycles. The second-order valence-corrected chi connectivity index (χ2v) is 7.02. The highest BCUT2D eigenvalue weighted by molar-refractivity contribution is 7.99. The highest BCUT2D eigenvalue weighted by Gasteiger charge is 2.37. The van der Waals surface area contributed by atoms with Gasteiger partial charge in [-0.2, -0.15) is 5.26 Å². The largest absolute Gasteiger partial charge is 0.306 e. The number of hydrogen-bond donors (Lipinski definition) is 0. The van der Waals surface area contributed by atoms with Crippen LogP contribution in [0, 0.1) is 11.3 Å². The molecule has 112 valence electrons. The molecule has 0 spiro atoms. The molecule has 0 bridgehead atoms. The molecule has 22 heavy (non-hydrogen) atoms. The topological polar surface area (TPSA) is 27.0 Å². The lowest BCUT2D eigenvalue weighted by Crippen LogP contribution is -2.40. The maximum Gasteiger partial charge on any atom is 0.0857 e. The number of rotatable bonds is 3. The Labute approximate surface area is 136 Å². The molecule has 1 saturated heterocycles. The number of benzene rings is 2. The SMILES string of the molecule is CN1CCC(C#N)(c2ccccc2Sc2ccccc2)CC1. The molecule has 2 nitrogen and oxygen atoms in total. The van der Waals surface area contributed by atoms with Gasteiger partial charge in [0, 0.05) is 9.79 Å². The number of nitriles is 1. The Balaban J connectivity index is 1.95. The average Bonchev–Trinajstić information content (AvgIpc) is 2.58. The van der Waals surface area contributed by atoms with Gasteiger partial charge in [-0.25, -0.2) is 0 Å². The van der Waals surface area contributed by atoms with E-state index in [-0.39, 0.29) is 5.41 Å². The normalized spacial score (nSPS) is 17.8. The molecule has 3 rings (SSSR count). The van der Waals surface area contributed by atoms with Gasteiger partial charge in [-0.3, -0.25) is 0 Å². The van der Waals surface area contributed by atoms with Crippen molar-refractivity contribution in [2.75, 3.05) is 20.1 Å². The van der Waals surface area contributed by atoms with Crippen LogP contribution in [0.4, 0.5) is 0 Å². The van der Waals surface area contributed by atoms with Gasteiger partial charge in [0.25, 0.3) is 0 Å². The summed E-state index contributed by atoms with van der Waals surface area (Å²) in [5, 5.41) is 9.89. The Morgan fingerprint density at radius 3 is 2.32 bits per heavy atom. The zero-order chi connectivity index (χ0) is 15.4. The summed E-state index contributed by atoms with van der Waals surface area (Å²) in [5.74, 6) is 0. The maximum atomic E-state index is 9.89. The van der Waals surface area contributed by atoms with E-state index in [0.717, 1.165) is 25.9 Å². The third-order valence-electron chi connectivity index (χ3n) is 4.43. The van der Waals surface area contributed by atoms with Crippen LogP contribution in [0.2, 0.25) is 0 Å². The van der Waals surface area contributed by atoms with Crippen LogP contribution < -0.4 is 0 Å². The monoisotopic (exact) mass is 308 g/mol. The molecule has 0 N–H and O–H groups in total. The van der Waals surface area contributed by atoms with Crippen molar-refractivity contribution < 1.29 is 0 Å². The molecular weight excluding hydrogens is 288 g/mol. The van der Waals surface area contributed by atoms with Crippen LogP contribution >= 0.6 is 11.8 Å². The van der Waals surface area contributed by atoms with E-state index >= 15 is 0 Å². The van der Waals surface area contributed by atoms with Crippen molar-refractivity contribution in [1.82, 2.24) is 4.90 Å². The molecule has 1 fully saturated rings. The first-order valence-electron chi connectivity index (χ1n) is 7.66. The molecule has 0 aromatic heterocycles. The molecule has 1 aliphatic rings. The van der Waals surface area contributed by atoms with Crippen LogP contribution in [-0.2, 0) is 5.41 Å². The first-order chi connectivity index (χ1) is 10.7. The fourth-order valence-corrected chi connectivity index (χ4v) is 4.08. The van der Waals surface area contributed by atoms with E-state index in [1.807, 2.05) is 6.07 Å². The summed E-state index contributed by atoms with van der Waals surface area (Å²) in [4.78, 5) is 4.73. The molecule has 1 heterocycles. The van der Waals surface area contributed by atoms with Gasteiger partial charge in [0.2, 0.25) is 0 Å². The molecule has 0 amide bonds. The van der Waals surface area contributed by atoms with Crippen LogP contribution in [-0.4, -0.2) is 25.0 Å². The van der Waals surface area contributed by atoms with Gasteiger partial charge >= 0.3 is 0 Å². The summed E-state index contributed by atoms with van der Waals surface area (Å²) >= 11 is 1.76. The Morgan fingerprint density at radius 1 is 1.00 bits per heavy atom. The van der Waals surface area contributed by atoms with E-state index in [1.165, 1.54) is 15.4 Å². The average molecular weight is 308 g/mol. The van der Waals surface area contributed by atoms with Crippen molar-refractivity contribution in [1.29, 1.82) is 5.26 Å². The van der Waals surface area contributed by atoms with Gasteiger partial charge in [-0.1, -0.05) is 48.2 Å². The minimum absolute atomic E-state index is 0.342. The summed E-state index contributed by atoms with van der Waals surface area (Å²) in [5.41, 5.74) is 0.852. The van der Waals surface area contributed by atoms with Crippen molar-refractivity contribution in [2.24, 2.45) is 0 Å². The summed E-state index contributed by atoms with van der Waals surface area (Å²) in [7, 11) is 2.13. The van der Waals surface area contributed by atoms with Crippen molar-refractivity contribution in [3.8, 4) is 6.07 Å². The van der Waals surface area contributed by atoms with Crippen LogP contribution in [0.25, 0.3) is 0 Å². The lowest BCUT2D eigenvalue weighted by atomic mass is 9.74. The van der Waals surface area contributed by atoms with Gasteiger partial charge in [-0.15, -0.1) is 0 Å². The Kier molecular flexibility index (Phi) is 4.52. The second kappa shape index (κ2) is 6.56. The first kappa shape index (κ1) is 15.1. The molecular formula is C19H20N2S. The zero-order valence-corrected chi connectivity index (χ0v) is 13.6. The first-order valence-corrected chi connectivity index (χ1v) is 8.47. The van der Waals surface area contributed by atoms with Crippen molar-refractivity contribution in [3.63, 3.8) is 0 Å². The number of hydrogen-bond acceptors (Lipinski definition) is 3. The minimum atomic E-state index is -0.342. The van der Waals surface area contributed by atoms with E-state index < -0.39 is 0 Å². The molecule has 2 aromatic rings. The van der Waals surface area contributed by atoms with Crippen molar-refractivity contribution >= 4 is 11.8 Å². The van der Waals surface area contributed by atoms with Gasteiger partial charge < -0.3 is 4.90 Å². The van der Waals surface area contributed by atoms with E-state index in [4.69, 9.17) is 0 Å². The third kappa shape index (κ3) is 3.04. The minimum Gasteiger partial charge on any atom is -0.306 e. The van der Waals surface area contributed by atoms with Crippen LogP contribution in [0.3, 0.4) is 0 Å². The summed E-state index contributed by atoms with van der Waals surface area (Å²) in [6.07, 6.45) is 1.82. The number of nitrogens with zero attached hydrogens (tertiary/aromatic N) is 2. The maximum absolute atomic E-state index is 9.89. The van der Waals surface area contributed by atoms with Crippen LogP contribution in [0.1, 0.15) is 18.4 Å². The predicted octanol–water partition coefficient (Wildman–Crippen LogP) is 4.32. The van der Waals surface area contributed by atoms with Crippen molar-refractivity contribution in [2.45, 2.75) is 28.0 Å². The van der Waals surface area contributed by atoms with E-state index in [2.05, 4.69) is 66.5 Å². The molecule has 3 heteroatoms. The van der Waals surface area contributed by atoms with Gasteiger partial charge in [0.15, 0.2) is 0 Å². The lowest BCUT2D eigenvalue weighted by molar-refractivity contribution is 0.220.